The number of benzene rings is 2. The molecule has 0 saturated heterocycles. The molecule has 2 atom stereocenters. The van der Waals surface area contributed by atoms with Crippen molar-refractivity contribution in [2.75, 3.05) is 31.3 Å². The van der Waals surface area contributed by atoms with Crippen LogP contribution in [0.3, 0.4) is 0 Å². The Hall–Kier alpha value is -3.37. The standard InChI is InChI=1S/C20H22N4O3/c1-14(20(26)23-18-7-5-4-6-15(18)12-21)24(2)13-19(25)22-16-8-10-17(27-3)11-9-16/h4-11,14H,13H2,1-3H3,(H,22,25)(H,23,26)/p+1/t14-/m0/s1. The zero-order valence-corrected chi connectivity index (χ0v) is 15.6. The zero-order chi connectivity index (χ0) is 19.8. The maximum absolute atomic E-state index is 12.4. The van der Waals surface area contributed by atoms with E-state index in [4.69, 9.17) is 10.00 Å². The smallest absolute Gasteiger partial charge is 0.282 e. The Morgan fingerprint density at radius 3 is 2.44 bits per heavy atom. The van der Waals surface area contributed by atoms with Gasteiger partial charge in [-0.05, 0) is 43.3 Å². The van der Waals surface area contributed by atoms with Gasteiger partial charge in [-0.25, -0.2) is 0 Å². The lowest BCUT2D eigenvalue weighted by atomic mass is 10.2. The Kier molecular flexibility index (Phi) is 6.92. The molecule has 7 heteroatoms. The van der Waals surface area contributed by atoms with Crippen LogP contribution in [-0.2, 0) is 9.59 Å². The zero-order valence-electron chi connectivity index (χ0n) is 15.6. The highest BCUT2D eigenvalue weighted by Crippen LogP contribution is 2.15. The molecule has 0 spiro atoms. The lowest BCUT2D eigenvalue weighted by Crippen LogP contribution is -3.14. The maximum Gasteiger partial charge on any atom is 0.282 e. The molecule has 2 rings (SSSR count). The summed E-state index contributed by atoms with van der Waals surface area (Å²) in [5.41, 5.74) is 1.52. The van der Waals surface area contributed by atoms with E-state index >= 15 is 0 Å². The molecule has 0 radical (unpaired) electrons. The number of likely N-dealkylation sites (N-methyl/N-ethyl adjacent to an activating group) is 1. The molecule has 27 heavy (non-hydrogen) atoms. The average molecular weight is 367 g/mol. The highest BCUT2D eigenvalue weighted by molar-refractivity contribution is 5.95. The topological polar surface area (TPSA) is 95.7 Å². The molecule has 1 unspecified atom stereocenters. The summed E-state index contributed by atoms with van der Waals surface area (Å²) in [5, 5.41) is 14.6. The van der Waals surface area contributed by atoms with Crippen LogP contribution in [-0.4, -0.2) is 38.6 Å². The number of hydrogen-bond donors (Lipinski definition) is 3. The molecule has 0 fully saturated rings. The number of anilines is 2. The molecule has 0 saturated carbocycles. The number of rotatable bonds is 7. The summed E-state index contributed by atoms with van der Waals surface area (Å²) < 4.78 is 5.08. The van der Waals surface area contributed by atoms with E-state index in [1.54, 1.807) is 69.6 Å². The van der Waals surface area contributed by atoms with Crippen LogP contribution in [0.15, 0.2) is 48.5 Å². The number of para-hydroxylation sites is 1. The first-order valence-corrected chi connectivity index (χ1v) is 8.50. The Balaban J connectivity index is 1.91. The number of carbonyl (C=O) groups excluding carboxylic acids is 2. The van der Waals surface area contributed by atoms with Crippen molar-refractivity contribution < 1.29 is 19.2 Å². The minimum Gasteiger partial charge on any atom is -0.497 e. The summed E-state index contributed by atoms with van der Waals surface area (Å²) in [6.45, 7) is 1.86. The molecule has 140 valence electrons. The van der Waals surface area contributed by atoms with Crippen LogP contribution in [0.25, 0.3) is 0 Å². The van der Waals surface area contributed by atoms with E-state index in [1.165, 1.54) is 0 Å². The SMILES string of the molecule is COc1ccc(NC(=O)C[NH+](C)[C@@H](C)C(=O)Nc2ccccc2C#N)cc1. The Morgan fingerprint density at radius 2 is 1.81 bits per heavy atom. The number of nitrogens with zero attached hydrogens (tertiary/aromatic N) is 1. The Labute approximate surface area is 158 Å². The second kappa shape index (κ2) is 9.36. The quantitative estimate of drug-likeness (QED) is 0.682. The van der Waals surface area contributed by atoms with Gasteiger partial charge in [0.25, 0.3) is 11.8 Å². The molecule has 2 aromatic carbocycles. The van der Waals surface area contributed by atoms with Crippen molar-refractivity contribution in [1.82, 2.24) is 0 Å². The van der Waals surface area contributed by atoms with Crippen molar-refractivity contribution in [1.29, 1.82) is 5.26 Å². The van der Waals surface area contributed by atoms with E-state index < -0.39 is 6.04 Å². The largest absolute Gasteiger partial charge is 0.497 e. The van der Waals surface area contributed by atoms with Crippen LogP contribution in [0, 0.1) is 11.3 Å². The van der Waals surface area contributed by atoms with E-state index in [1.807, 2.05) is 6.07 Å². The van der Waals surface area contributed by atoms with Crippen molar-refractivity contribution >= 4 is 23.2 Å². The molecule has 2 aromatic rings. The summed E-state index contributed by atoms with van der Waals surface area (Å²) in [7, 11) is 3.35. The fraction of sp³-hybridized carbons (Fsp3) is 0.250. The molecule has 3 N–H and O–H groups in total. The van der Waals surface area contributed by atoms with E-state index in [2.05, 4.69) is 10.6 Å². The van der Waals surface area contributed by atoms with Crippen molar-refractivity contribution in [3.63, 3.8) is 0 Å². The van der Waals surface area contributed by atoms with Gasteiger partial charge in [0.05, 0.1) is 25.4 Å². The third-order valence-electron chi connectivity index (χ3n) is 4.25. The molecule has 7 nitrogen and oxygen atoms in total. The van der Waals surface area contributed by atoms with Gasteiger partial charge in [0.1, 0.15) is 11.8 Å². The van der Waals surface area contributed by atoms with Crippen LogP contribution in [0.2, 0.25) is 0 Å². The lowest BCUT2D eigenvalue weighted by molar-refractivity contribution is -0.885. The summed E-state index contributed by atoms with van der Waals surface area (Å²) >= 11 is 0. The number of nitriles is 1. The molecule has 0 aliphatic carbocycles. The van der Waals surface area contributed by atoms with Gasteiger partial charge in [-0.2, -0.15) is 5.26 Å². The summed E-state index contributed by atoms with van der Waals surface area (Å²) in [6, 6.07) is 15.4. The first-order chi connectivity index (χ1) is 12.9. The van der Waals surface area contributed by atoms with Crippen molar-refractivity contribution in [3.8, 4) is 11.8 Å². The van der Waals surface area contributed by atoms with Crippen molar-refractivity contribution in [2.24, 2.45) is 0 Å². The minimum absolute atomic E-state index is 0.126. The van der Waals surface area contributed by atoms with Gasteiger partial charge in [0.15, 0.2) is 12.6 Å². The van der Waals surface area contributed by atoms with E-state index in [0.29, 0.717) is 22.7 Å². The monoisotopic (exact) mass is 367 g/mol. The Morgan fingerprint density at radius 1 is 1.15 bits per heavy atom. The number of methoxy groups -OCH3 is 1. The van der Waals surface area contributed by atoms with Crippen LogP contribution in [0.1, 0.15) is 12.5 Å². The molecule has 0 aromatic heterocycles. The number of quaternary nitrogens is 1. The predicted octanol–water partition coefficient (Wildman–Crippen LogP) is 1.05. The molecule has 0 aliphatic heterocycles. The minimum atomic E-state index is -0.474. The van der Waals surface area contributed by atoms with Crippen molar-refractivity contribution in [3.05, 3.63) is 54.1 Å². The number of nitrogens with one attached hydrogen (secondary N) is 3. The van der Waals surface area contributed by atoms with Gasteiger partial charge in [0, 0.05) is 5.69 Å². The van der Waals surface area contributed by atoms with Gasteiger partial charge in [-0.15, -0.1) is 0 Å². The number of amides is 2. The van der Waals surface area contributed by atoms with Crippen molar-refractivity contribution in [2.45, 2.75) is 13.0 Å². The third kappa shape index (κ3) is 5.56. The summed E-state index contributed by atoms with van der Waals surface area (Å²) in [5.74, 6) is 0.251. The van der Waals surface area contributed by atoms with Gasteiger partial charge in [0.2, 0.25) is 0 Å². The van der Waals surface area contributed by atoms with E-state index in [9.17, 15) is 9.59 Å². The fourth-order valence-electron chi connectivity index (χ4n) is 2.44. The first-order valence-electron chi connectivity index (χ1n) is 8.50. The van der Waals surface area contributed by atoms with Crippen LogP contribution in [0.5, 0.6) is 5.75 Å². The second-order valence-corrected chi connectivity index (χ2v) is 6.17. The van der Waals surface area contributed by atoms with Crippen LogP contribution >= 0.6 is 0 Å². The van der Waals surface area contributed by atoms with Gasteiger partial charge in [-0.3, -0.25) is 9.59 Å². The average Bonchev–Trinajstić information content (AvgIpc) is 2.68. The highest BCUT2D eigenvalue weighted by Gasteiger charge is 2.24. The summed E-state index contributed by atoms with van der Waals surface area (Å²) in [6.07, 6.45) is 0. The van der Waals surface area contributed by atoms with Crippen LogP contribution < -0.4 is 20.3 Å². The third-order valence-corrected chi connectivity index (χ3v) is 4.25. The first kappa shape index (κ1) is 19.9. The Bertz CT molecular complexity index is 843. The van der Waals surface area contributed by atoms with Gasteiger partial charge >= 0.3 is 0 Å². The highest BCUT2D eigenvalue weighted by atomic mass is 16.5. The molecular weight excluding hydrogens is 344 g/mol. The van der Waals surface area contributed by atoms with Crippen LogP contribution in [0.4, 0.5) is 11.4 Å². The molecule has 2 amide bonds. The number of hydrogen-bond acceptors (Lipinski definition) is 4. The molecular formula is C20H23N4O3+. The number of ether oxygens (including phenoxy) is 1. The molecule has 0 heterocycles. The number of carbonyl (C=O) groups is 2. The van der Waals surface area contributed by atoms with E-state index in [-0.39, 0.29) is 18.4 Å². The lowest BCUT2D eigenvalue weighted by Gasteiger charge is -2.21. The predicted molar refractivity (Wildman–Crippen MR) is 103 cm³/mol. The second-order valence-electron chi connectivity index (χ2n) is 6.17. The normalized spacial score (nSPS) is 12.4. The fourth-order valence-corrected chi connectivity index (χ4v) is 2.44. The maximum atomic E-state index is 12.4. The summed E-state index contributed by atoms with van der Waals surface area (Å²) in [4.78, 5) is 25.4. The van der Waals surface area contributed by atoms with Gasteiger partial charge < -0.3 is 20.3 Å². The van der Waals surface area contributed by atoms with E-state index in [0.717, 1.165) is 4.90 Å². The van der Waals surface area contributed by atoms with Gasteiger partial charge in [-0.1, -0.05) is 12.1 Å². The molecule has 0 bridgehead atoms. The molecule has 0 aliphatic rings.